The molecule has 0 saturated heterocycles. The predicted octanol–water partition coefficient (Wildman–Crippen LogP) is 1.28. The second-order valence-electron chi connectivity index (χ2n) is 3.17. The normalized spacial score (nSPS) is 9.56. The van der Waals surface area contributed by atoms with Crippen LogP contribution in [0.1, 0.15) is 12.8 Å². The van der Waals surface area contributed by atoms with Crippen molar-refractivity contribution >= 4 is 17.6 Å². The maximum absolute atomic E-state index is 11.3. The first-order valence-corrected chi connectivity index (χ1v) is 4.77. The average Bonchev–Trinajstić information content (AvgIpc) is 2.29. The van der Waals surface area contributed by atoms with Crippen LogP contribution in [0, 0.1) is 0 Å². The number of methoxy groups -OCH3 is 1. The van der Waals surface area contributed by atoms with Crippen LogP contribution < -0.4 is 5.32 Å². The van der Waals surface area contributed by atoms with E-state index in [0.29, 0.717) is 5.69 Å². The minimum atomic E-state index is -0.416. The standard InChI is InChI=1S/C11H13NO4/c1-16-11(15)7-6-10(14)12-8-2-4-9(13)5-3-8/h2-5,13H,6-7H2,1H3,(H,12,14). The van der Waals surface area contributed by atoms with Crippen molar-refractivity contribution in [1.82, 2.24) is 0 Å². The number of ether oxygens (including phenoxy) is 1. The largest absolute Gasteiger partial charge is 0.508 e. The molecule has 1 aromatic carbocycles. The average molecular weight is 223 g/mol. The molecule has 0 fully saturated rings. The molecule has 0 atom stereocenters. The van der Waals surface area contributed by atoms with Crippen LogP contribution in [0.5, 0.6) is 5.75 Å². The van der Waals surface area contributed by atoms with Gasteiger partial charge in [-0.25, -0.2) is 0 Å². The molecule has 16 heavy (non-hydrogen) atoms. The highest BCUT2D eigenvalue weighted by molar-refractivity contribution is 5.92. The summed E-state index contributed by atoms with van der Waals surface area (Å²) < 4.78 is 4.41. The third kappa shape index (κ3) is 4.00. The third-order valence-corrected chi connectivity index (χ3v) is 1.93. The van der Waals surface area contributed by atoms with Crippen LogP contribution in [0.3, 0.4) is 0 Å². The molecular weight excluding hydrogens is 210 g/mol. The van der Waals surface area contributed by atoms with Crippen LogP contribution in [-0.2, 0) is 14.3 Å². The van der Waals surface area contributed by atoms with Crippen molar-refractivity contribution in [3.8, 4) is 5.75 Å². The Morgan fingerprint density at radius 2 is 1.88 bits per heavy atom. The van der Waals surface area contributed by atoms with E-state index in [1.807, 2.05) is 0 Å². The zero-order valence-electron chi connectivity index (χ0n) is 8.90. The SMILES string of the molecule is COC(=O)CCC(=O)Nc1ccc(O)cc1. The fourth-order valence-corrected chi connectivity index (χ4v) is 1.09. The van der Waals surface area contributed by atoms with E-state index in [1.54, 1.807) is 12.1 Å². The van der Waals surface area contributed by atoms with Crippen molar-refractivity contribution in [2.24, 2.45) is 0 Å². The van der Waals surface area contributed by atoms with Gasteiger partial charge in [0.05, 0.1) is 13.5 Å². The zero-order valence-corrected chi connectivity index (χ0v) is 8.90. The minimum absolute atomic E-state index is 0.0560. The third-order valence-electron chi connectivity index (χ3n) is 1.93. The summed E-state index contributed by atoms with van der Waals surface area (Å²) in [5, 5.41) is 11.6. The summed E-state index contributed by atoms with van der Waals surface area (Å²) in [5.41, 5.74) is 0.577. The lowest BCUT2D eigenvalue weighted by Gasteiger charge is -2.04. The number of benzene rings is 1. The zero-order chi connectivity index (χ0) is 12.0. The summed E-state index contributed by atoms with van der Waals surface area (Å²) in [7, 11) is 1.28. The predicted molar refractivity (Wildman–Crippen MR) is 58.0 cm³/mol. The van der Waals surface area contributed by atoms with Crippen molar-refractivity contribution in [2.75, 3.05) is 12.4 Å². The molecule has 0 heterocycles. The Hall–Kier alpha value is -2.04. The second-order valence-corrected chi connectivity index (χ2v) is 3.17. The van der Waals surface area contributed by atoms with Crippen molar-refractivity contribution in [3.05, 3.63) is 24.3 Å². The van der Waals surface area contributed by atoms with E-state index in [0.717, 1.165) is 0 Å². The van der Waals surface area contributed by atoms with Gasteiger partial charge in [0, 0.05) is 12.1 Å². The Labute approximate surface area is 93.0 Å². The molecule has 0 unspecified atom stereocenters. The highest BCUT2D eigenvalue weighted by Crippen LogP contribution is 2.13. The van der Waals surface area contributed by atoms with Gasteiger partial charge in [0.15, 0.2) is 0 Å². The van der Waals surface area contributed by atoms with E-state index >= 15 is 0 Å². The fraction of sp³-hybridized carbons (Fsp3) is 0.273. The first-order valence-electron chi connectivity index (χ1n) is 4.77. The molecule has 0 aliphatic heterocycles. The van der Waals surface area contributed by atoms with E-state index in [-0.39, 0.29) is 24.5 Å². The number of phenolic OH excluding ortho intramolecular Hbond substituents is 1. The van der Waals surface area contributed by atoms with E-state index in [1.165, 1.54) is 19.2 Å². The highest BCUT2D eigenvalue weighted by atomic mass is 16.5. The van der Waals surface area contributed by atoms with E-state index in [4.69, 9.17) is 5.11 Å². The lowest BCUT2D eigenvalue weighted by molar-refractivity contribution is -0.141. The van der Waals surface area contributed by atoms with Gasteiger partial charge in [-0.3, -0.25) is 9.59 Å². The van der Waals surface area contributed by atoms with Gasteiger partial charge in [-0.15, -0.1) is 0 Å². The number of esters is 1. The molecule has 0 aromatic heterocycles. The second kappa shape index (κ2) is 5.75. The number of hydrogen-bond acceptors (Lipinski definition) is 4. The molecular formula is C11H13NO4. The molecule has 0 radical (unpaired) electrons. The van der Waals surface area contributed by atoms with Gasteiger partial charge in [0.25, 0.3) is 0 Å². The molecule has 0 aliphatic rings. The molecule has 1 amide bonds. The maximum Gasteiger partial charge on any atom is 0.306 e. The van der Waals surface area contributed by atoms with Crippen LogP contribution in [0.4, 0.5) is 5.69 Å². The number of rotatable bonds is 4. The maximum atomic E-state index is 11.3. The van der Waals surface area contributed by atoms with Gasteiger partial charge in [-0.1, -0.05) is 0 Å². The fourth-order valence-electron chi connectivity index (χ4n) is 1.09. The molecule has 0 bridgehead atoms. The van der Waals surface area contributed by atoms with Crippen molar-refractivity contribution in [1.29, 1.82) is 0 Å². The van der Waals surface area contributed by atoms with Gasteiger partial charge < -0.3 is 15.2 Å². The van der Waals surface area contributed by atoms with Crippen LogP contribution >= 0.6 is 0 Å². The smallest absolute Gasteiger partial charge is 0.306 e. The molecule has 0 saturated carbocycles. The number of carbonyl (C=O) groups excluding carboxylic acids is 2. The monoisotopic (exact) mass is 223 g/mol. The summed E-state index contributed by atoms with van der Waals surface area (Å²) in [6.45, 7) is 0. The lowest BCUT2D eigenvalue weighted by Crippen LogP contribution is -2.13. The number of aromatic hydroxyl groups is 1. The Balaban J connectivity index is 2.40. The van der Waals surface area contributed by atoms with E-state index in [2.05, 4.69) is 10.1 Å². The molecule has 86 valence electrons. The Morgan fingerprint density at radius 1 is 1.25 bits per heavy atom. The van der Waals surface area contributed by atoms with Gasteiger partial charge >= 0.3 is 5.97 Å². The van der Waals surface area contributed by atoms with Gasteiger partial charge in [-0.2, -0.15) is 0 Å². The molecule has 1 aromatic rings. The van der Waals surface area contributed by atoms with Crippen LogP contribution in [0.25, 0.3) is 0 Å². The Morgan fingerprint density at radius 3 is 2.44 bits per heavy atom. The Kier molecular flexibility index (Phi) is 4.32. The van der Waals surface area contributed by atoms with Gasteiger partial charge in [-0.05, 0) is 24.3 Å². The van der Waals surface area contributed by atoms with Crippen molar-refractivity contribution in [3.63, 3.8) is 0 Å². The molecule has 1 rings (SSSR count). The number of carbonyl (C=O) groups is 2. The van der Waals surface area contributed by atoms with Crippen LogP contribution in [-0.4, -0.2) is 24.1 Å². The van der Waals surface area contributed by atoms with Gasteiger partial charge in [0.2, 0.25) is 5.91 Å². The number of anilines is 1. The number of phenols is 1. The molecule has 0 aliphatic carbocycles. The van der Waals surface area contributed by atoms with E-state index < -0.39 is 5.97 Å². The molecule has 2 N–H and O–H groups in total. The van der Waals surface area contributed by atoms with Gasteiger partial charge in [0.1, 0.15) is 5.75 Å². The first kappa shape index (κ1) is 12.0. The molecule has 0 spiro atoms. The van der Waals surface area contributed by atoms with E-state index in [9.17, 15) is 9.59 Å². The van der Waals surface area contributed by atoms with Crippen LogP contribution in [0.2, 0.25) is 0 Å². The highest BCUT2D eigenvalue weighted by Gasteiger charge is 2.06. The van der Waals surface area contributed by atoms with Crippen molar-refractivity contribution < 1.29 is 19.4 Å². The first-order chi connectivity index (χ1) is 7.61. The number of nitrogens with one attached hydrogen (secondary N) is 1. The summed E-state index contributed by atoms with van der Waals surface area (Å²) in [6.07, 6.45) is 0.133. The quantitative estimate of drug-likeness (QED) is 0.595. The van der Waals surface area contributed by atoms with Crippen LogP contribution in [0.15, 0.2) is 24.3 Å². The Bertz CT molecular complexity index is 372. The summed E-state index contributed by atoms with van der Waals surface area (Å²) in [6, 6.07) is 6.09. The summed E-state index contributed by atoms with van der Waals surface area (Å²) in [4.78, 5) is 22.1. The molecule has 5 nitrogen and oxygen atoms in total. The lowest BCUT2D eigenvalue weighted by atomic mass is 10.2. The minimum Gasteiger partial charge on any atom is -0.508 e. The molecule has 5 heteroatoms. The summed E-state index contributed by atoms with van der Waals surface area (Å²) >= 11 is 0. The number of hydrogen-bond donors (Lipinski definition) is 2. The van der Waals surface area contributed by atoms with Crippen molar-refractivity contribution in [2.45, 2.75) is 12.8 Å². The number of amides is 1. The topological polar surface area (TPSA) is 75.6 Å². The summed E-state index contributed by atoms with van der Waals surface area (Å²) in [5.74, 6) is -0.551.